The van der Waals surface area contributed by atoms with Crippen molar-refractivity contribution in [1.82, 2.24) is 9.80 Å². The predicted molar refractivity (Wildman–Crippen MR) is 144 cm³/mol. The van der Waals surface area contributed by atoms with Gasteiger partial charge in [-0.05, 0) is 57.1 Å². The minimum absolute atomic E-state index is 0.135. The van der Waals surface area contributed by atoms with Gasteiger partial charge in [0, 0.05) is 12.1 Å². The van der Waals surface area contributed by atoms with Gasteiger partial charge in [0.15, 0.2) is 0 Å². The molecule has 1 heterocycles. The summed E-state index contributed by atoms with van der Waals surface area (Å²) in [5.41, 5.74) is 2.51. The molecule has 1 aliphatic rings. The second kappa shape index (κ2) is 13.3. The summed E-state index contributed by atoms with van der Waals surface area (Å²) in [6.07, 6.45) is 4.00. The summed E-state index contributed by atoms with van der Waals surface area (Å²) in [7, 11) is 0. The summed E-state index contributed by atoms with van der Waals surface area (Å²) >= 11 is 0. The largest absolute Gasteiger partial charge is 0.507 e. The van der Waals surface area contributed by atoms with E-state index in [9.17, 15) is 14.7 Å². The third kappa shape index (κ3) is 6.55. The van der Waals surface area contributed by atoms with Crippen molar-refractivity contribution < 1.29 is 19.4 Å². The van der Waals surface area contributed by atoms with Gasteiger partial charge in [0.25, 0.3) is 11.7 Å². The Morgan fingerprint density at radius 2 is 1.61 bits per heavy atom. The Morgan fingerprint density at radius 1 is 0.944 bits per heavy atom. The highest BCUT2D eigenvalue weighted by molar-refractivity contribution is 6.46. The van der Waals surface area contributed by atoms with Gasteiger partial charge in [-0.25, -0.2) is 0 Å². The Morgan fingerprint density at radius 3 is 2.22 bits per heavy atom. The molecule has 1 fully saturated rings. The third-order valence-electron chi connectivity index (χ3n) is 6.85. The SMILES string of the molecule is CCCCCOc1ccc(C2C(=C(O)c3ccc(C)cc3)C(=O)C(=O)N2CCCN(CC)CC)cc1. The second-order valence-corrected chi connectivity index (χ2v) is 9.36. The number of unbranched alkanes of at least 4 members (excludes halogenated alkanes) is 2. The standard InChI is InChI=1S/C30H40N2O4/c1-5-8-9-21-36-25-17-15-23(16-18-25)27-26(28(33)24-13-11-22(4)12-14-24)29(34)30(35)32(27)20-10-19-31(6-2)7-3/h11-18,27,33H,5-10,19-21H2,1-4H3. The third-order valence-corrected chi connectivity index (χ3v) is 6.85. The van der Waals surface area contributed by atoms with Crippen LogP contribution < -0.4 is 4.74 Å². The number of aliphatic hydroxyl groups excluding tert-OH is 1. The van der Waals surface area contributed by atoms with Crippen LogP contribution in [0.1, 0.15) is 69.2 Å². The summed E-state index contributed by atoms with van der Waals surface area (Å²) < 4.78 is 5.85. The van der Waals surface area contributed by atoms with Crippen LogP contribution in [0.5, 0.6) is 5.75 Å². The van der Waals surface area contributed by atoms with Gasteiger partial charge < -0.3 is 19.6 Å². The maximum Gasteiger partial charge on any atom is 0.295 e. The number of ether oxygens (including phenoxy) is 1. The molecule has 1 atom stereocenters. The van der Waals surface area contributed by atoms with E-state index >= 15 is 0 Å². The molecule has 2 aromatic rings. The number of carbonyl (C=O) groups excluding carboxylic acids is 2. The summed E-state index contributed by atoms with van der Waals surface area (Å²) in [5, 5.41) is 11.2. The first-order chi connectivity index (χ1) is 17.4. The van der Waals surface area contributed by atoms with Crippen LogP contribution >= 0.6 is 0 Å². The van der Waals surface area contributed by atoms with Crippen LogP contribution in [-0.2, 0) is 9.59 Å². The zero-order valence-corrected chi connectivity index (χ0v) is 22.1. The van der Waals surface area contributed by atoms with E-state index in [0.29, 0.717) is 18.7 Å². The molecule has 0 saturated carbocycles. The first kappa shape index (κ1) is 27.5. The Bertz CT molecular complexity index is 1040. The molecule has 36 heavy (non-hydrogen) atoms. The molecule has 1 amide bonds. The number of rotatable bonds is 13. The minimum Gasteiger partial charge on any atom is -0.507 e. The molecule has 194 valence electrons. The summed E-state index contributed by atoms with van der Waals surface area (Å²) in [6.45, 7) is 12.2. The zero-order chi connectivity index (χ0) is 26.1. The molecule has 0 bridgehead atoms. The number of hydrogen-bond donors (Lipinski definition) is 1. The van der Waals surface area contributed by atoms with E-state index < -0.39 is 17.7 Å². The first-order valence-corrected chi connectivity index (χ1v) is 13.2. The topological polar surface area (TPSA) is 70.1 Å². The quantitative estimate of drug-likeness (QED) is 0.168. The number of nitrogens with zero attached hydrogens (tertiary/aromatic N) is 2. The van der Waals surface area contributed by atoms with Crippen molar-refractivity contribution in [3.63, 3.8) is 0 Å². The smallest absolute Gasteiger partial charge is 0.295 e. The van der Waals surface area contributed by atoms with Crippen LogP contribution in [0, 0.1) is 6.92 Å². The molecule has 0 radical (unpaired) electrons. The van der Waals surface area contributed by atoms with Crippen LogP contribution in [0.3, 0.4) is 0 Å². The highest BCUT2D eigenvalue weighted by atomic mass is 16.5. The molecule has 0 aromatic heterocycles. The molecule has 6 nitrogen and oxygen atoms in total. The van der Waals surface area contributed by atoms with Crippen molar-refractivity contribution in [2.75, 3.05) is 32.8 Å². The van der Waals surface area contributed by atoms with Gasteiger partial charge in [-0.2, -0.15) is 0 Å². The molecular formula is C30H40N2O4. The van der Waals surface area contributed by atoms with Crippen molar-refractivity contribution in [3.8, 4) is 5.75 Å². The van der Waals surface area contributed by atoms with Gasteiger partial charge in [0.05, 0.1) is 18.2 Å². The van der Waals surface area contributed by atoms with Gasteiger partial charge in [0.2, 0.25) is 0 Å². The Labute approximate surface area is 215 Å². The van der Waals surface area contributed by atoms with Crippen LogP contribution in [-0.4, -0.2) is 59.4 Å². The van der Waals surface area contributed by atoms with Gasteiger partial charge in [0.1, 0.15) is 11.5 Å². The van der Waals surface area contributed by atoms with E-state index in [1.807, 2.05) is 43.3 Å². The maximum absolute atomic E-state index is 13.2. The highest BCUT2D eigenvalue weighted by Crippen LogP contribution is 2.40. The number of likely N-dealkylation sites (tertiary alicyclic amines) is 1. The van der Waals surface area contributed by atoms with Crippen molar-refractivity contribution in [3.05, 3.63) is 70.8 Å². The van der Waals surface area contributed by atoms with Crippen molar-refractivity contribution >= 4 is 17.4 Å². The van der Waals surface area contributed by atoms with E-state index in [2.05, 4.69) is 25.7 Å². The Balaban J connectivity index is 1.93. The molecule has 3 rings (SSSR count). The normalized spacial score (nSPS) is 17.2. The highest BCUT2D eigenvalue weighted by Gasteiger charge is 2.45. The Kier molecular flexibility index (Phi) is 10.1. The van der Waals surface area contributed by atoms with Gasteiger partial charge >= 0.3 is 0 Å². The van der Waals surface area contributed by atoms with Crippen LogP contribution in [0.2, 0.25) is 0 Å². The average Bonchev–Trinajstić information content (AvgIpc) is 3.14. The van der Waals surface area contributed by atoms with Crippen molar-refractivity contribution in [1.29, 1.82) is 0 Å². The van der Waals surface area contributed by atoms with Crippen LogP contribution in [0.15, 0.2) is 54.1 Å². The molecular weight excluding hydrogens is 452 g/mol. The number of carbonyl (C=O) groups is 2. The van der Waals surface area contributed by atoms with E-state index in [1.54, 1.807) is 17.0 Å². The minimum atomic E-state index is -0.642. The van der Waals surface area contributed by atoms with Crippen LogP contribution in [0.4, 0.5) is 0 Å². The monoisotopic (exact) mass is 492 g/mol. The van der Waals surface area contributed by atoms with Gasteiger partial charge in [-0.1, -0.05) is 75.6 Å². The number of Topliss-reactive ketones (excluding diaryl/α,β-unsaturated/α-hetero) is 1. The average molecular weight is 493 g/mol. The maximum atomic E-state index is 13.2. The number of aryl methyl sites for hydroxylation is 1. The second-order valence-electron chi connectivity index (χ2n) is 9.36. The van der Waals surface area contributed by atoms with Crippen molar-refractivity contribution in [2.45, 2.75) is 59.4 Å². The lowest BCUT2D eigenvalue weighted by Crippen LogP contribution is -2.33. The fourth-order valence-corrected chi connectivity index (χ4v) is 4.62. The fraction of sp³-hybridized carbons (Fsp3) is 0.467. The van der Waals surface area contributed by atoms with E-state index in [4.69, 9.17) is 4.74 Å². The molecule has 6 heteroatoms. The Hall–Kier alpha value is -3.12. The number of ketones is 1. The van der Waals surface area contributed by atoms with Gasteiger partial charge in [-0.15, -0.1) is 0 Å². The van der Waals surface area contributed by atoms with E-state index in [-0.39, 0.29) is 11.3 Å². The number of amides is 1. The molecule has 0 spiro atoms. The van der Waals surface area contributed by atoms with Crippen molar-refractivity contribution in [2.24, 2.45) is 0 Å². The van der Waals surface area contributed by atoms with Gasteiger partial charge in [-0.3, -0.25) is 9.59 Å². The zero-order valence-electron chi connectivity index (χ0n) is 22.1. The van der Waals surface area contributed by atoms with Crippen LogP contribution in [0.25, 0.3) is 5.76 Å². The summed E-state index contributed by atoms with van der Waals surface area (Å²) in [5.74, 6) is -0.578. The number of benzene rings is 2. The summed E-state index contributed by atoms with van der Waals surface area (Å²) in [4.78, 5) is 30.3. The molecule has 1 N–H and O–H groups in total. The first-order valence-electron chi connectivity index (χ1n) is 13.2. The van der Waals surface area contributed by atoms with E-state index in [0.717, 1.165) is 62.2 Å². The molecule has 2 aromatic carbocycles. The molecule has 1 saturated heterocycles. The fourth-order valence-electron chi connectivity index (χ4n) is 4.62. The molecule has 0 aliphatic carbocycles. The number of hydrogen-bond acceptors (Lipinski definition) is 5. The molecule has 1 aliphatic heterocycles. The summed E-state index contributed by atoms with van der Waals surface area (Å²) in [6, 6.07) is 14.2. The lowest BCUT2D eigenvalue weighted by Gasteiger charge is -2.27. The van der Waals surface area contributed by atoms with E-state index in [1.165, 1.54) is 0 Å². The molecule has 1 unspecified atom stereocenters. The number of aliphatic hydroxyl groups is 1. The lowest BCUT2D eigenvalue weighted by molar-refractivity contribution is -0.140. The predicted octanol–water partition coefficient (Wildman–Crippen LogP) is 5.72. The lowest BCUT2D eigenvalue weighted by atomic mass is 9.95.